The van der Waals surface area contributed by atoms with Gasteiger partial charge in [0.2, 0.25) is 41.4 Å². The van der Waals surface area contributed by atoms with Crippen LogP contribution in [-0.2, 0) is 81.1 Å². The van der Waals surface area contributed by atoms with E-state index in [0.29, 0.717) is 0 Å². The lowest BCUT2D eigenvalue weighted by atomic mass is 10.3. The molecule has 0 aliphatic carbocycles. The minimum Gasteiger partial charge on any atom is -0.480 e. The molecule has 1 aliphatic heterocycles. The Bertz CT molecular complexity index is 1600. The van der Waals surface area contributed by atoms with Crippen LogP contribution in [0.25, 0.3) is 0 Å². The molecular formula is C40H66N8O18. The van der Waals surface area contributed by atoms with Crippen molar-refractivity contribution in [1.29, 1.82) is 0 Å². The van der Waals surface area contributed by atoms with Crippen molar-refractivity contribution >= 4 is 59.1 Å². The standard InChI is InChI=1S/C40H66N8O18/c1-43(35(53)24-42-32(50)25-66-23-22-60-16-9-41-31(49)8-10-48-33(51)6-7-34(48)52)11-17-61-26-36(54)44(2)12-18-62-27-37(55)45(3)13-19-63-28-38(56)46(4)14-20-64-29-39(57)47(5)15-21-65-30-40(58)59/h6-7H,8-30H2,1-5H3,(H,41,49)(H,42,50)(H,58,59). The van der Waals surface area contributed by atoms with Gasteiger partial charge in [0.05, 0.1) is 59.4 Å². The minimum absolute atomic E-state index is 0.0134. The van der Waals surface area contributed by atoms with E-state index in [4.69, 9.17) is 38.3 Å². The quantitative estimate of drug-likeness (QED) is 0.0386. The van der Waals surface area contributed by atoms with E-state index in [0.717, 1.165) is 17.1 Å². The summed E-state index contributed by atoms with van der Waals surface area (Å²) in [4.78, 5) is 127. The fourth-order valence-electron chi connectivity index (χ4n) is 4.83. The van der Waals surface area contributed by atoms with Gasteiger partial charge in [0.25, 0.3) is 11.8 Å². The van der Waals surface area contributed by atoms with E-state index in [1.165, 1.54) is 38.6 Å². The first-order valence-corrected chi connectivity index (χ1v) is 21.0. The molecule has 0 aromatic rings. The number of amides is 9. The Morgan fingerprint density at radius 1 is 0.470 bits per heavy atom. The first kappa shape index (κ1) is 58.4. The third-order valence-corrected chi connectivity index (χ3v) is 9.19. The monoisotopic (exact) mass is 946 g/mol. The molecule has 0 atom stereocenters. The zero-order valence-corrected chi connectivity index (χ0v) is 38.5. The molecule has 0 fully saturated rings. The van der Waals surface area contributed by atoms with Gasteiger partial charge in [-0.2, -0.15) is 0 Å². The van der Waals surface area contributed by atoms with Gasteiger partial charge in [0.1, 0.15) is 39.6 Å². The molecule has 0 bridgehead atoms. The van der Waals surface area contributed by atoms with Gasteiger partial charge in [-0.05, 0) is 0 Å². The fourth-order valence-corrected chi connectivity index (χ4v) is 4.83. The summed E-state index contributed by atoms with van der Waals surface area (Å²) >= 11 is 0. The van der Waals surface area contributed by atoms with Gasteiger partial charge in [0.15, 0.2) is 0 Å². The molecule has 26 nitrogen and oxygen atoms in total. The number of carboxylic acid groups (broad SMARTS) is 1. The highest BCUT2D eigenvalue weighted by Crippen LogP contribution is 2.04. The van der Waals surface area contributed by atoms with Crippen molar-refractivity contribution in [2.75, 3.05) is 180 Å². The predicted molar refractivity (Wildman–Crippen MR) is 228 cm³/mol. The van der Waals surface area contributed by atoms with Crippen LogP contribution >= 0.6 is 0 Å². The van der Waals surface area contributed by atoms with Crippen molar-refractivity contribution in [2.24, 2.45) is 0 Å². The Balaban J connectivity index is 2.03. The summed E-state index contributed by atoms with van der Waals surface area (Å²) in [5, 5.41) is 13.6. The molecule has 9 amide bonds. The van der Waals surface area contributed by atoms with Gasteiger partial charge in [0, 0.05) is 99.6 Å². The molecule has 0 saturated heterocycles. The Kier molecular flexibility index (Phi) is 30.7. The van der Waals surface area contributed by atoms with E-state index < -0.39 is 36.2 Å². The number of carboxylic acids is 1. The number of ether oxygens (including phenoxy) is 7. The van der Waals surface area contributed by atoms with E-state index in [2.05, 4.69) is 10.6 Å². The SMILES string of the molecule is CN(CCOCC(=O)N(C)CCOCC(=O)N(C)CCOCC(=O)N(C)CCOCC(=O)N(C)CCOCC(=O)O)C(=O)CNC(=O)COCCOCCNC(=O)CCN1C(=O)C=CC1=O. The van der Waals surface area contributed by atoms with Crippen LogP contribution in [0.4, 0.5) is 0 Å². The largest absolute Gasteiger partial charge is 0.480 e. The lowest BCUT2D eigenvalue weighted by molar-refractivity contribution is -0.143. The lowest BCUT2D eigenvalue weighted by Gasteiger charge is -2.20. The highest BCUT2D eigenvalue weighted by Gasteiger charge is 2.23. The second-order valence-electron chi connectivity index (χ2n) is 14.4. The molecule has 66 heavy (non-hydrogen) atoms. The minimum atomic E-state index is -1.10. The van der Waals surface area contributed by atoms with Crippen LogP contribution in [0.3, 0.4) is 0 Å². The van der Waals surface area contributed by atoms with Gasteiger partial charge >= 0.3 is 5.97 Å². The molecule has 3 N–H and O–H groups in total. The third kappa shape index (κ3) is 27.6. The number of likely N-dealkylation sites (N-methyl/N-ethyl adjacent to an activating group) is 5. The number of nitrogens with zero attached hydrogens (tertiary/aromatic N) is 6. The van der Waals surface area contributed by atoms with Gasteiger partial charge in [-0.15, -0.1) is 0 Å². The average Bonchev–Trinajstić information content (AvgIpc) is 3.61. The van der Waals surface area contributed by atoms with Crippen LogP contribution in [0, 0.1) is 0 Å². The molecule has 0 unspecified atom stereocenters. The average molecular weight is 947 g/mol. The lowest BCUT2D eigenvalue weighted by Crippen LogP contribution is -2.41. The number of hydrogen-bond acceptors (Lipinski definition) is 17. The maximum Gasteiger partial charge on any atom is 0.329 e. The van der Waals surface area contributed by atoms with Gasteiger partial charge in [-0.25, -0.2) is 4.79 Å². The van der Waals surface area contributed by atoms with Crippen molar-refractivity contribution in [3.63, 3.8) is 0 Å². The molecule has 0 aromatic heterocycles. The van der Waals surface area contributed by atoms with E-state index >= 15 is 0 Å². The predicted octanol–water partition coefficient (Wildman–Crippen LogP) is -4.97. The van der Waals surface area contributed by atoms with Crippen molar-refractivity contribution in [3.05, 3.63) is 12.2 Å². The maximum absolute atomic E-state index is 12.4. The van der Waals surface area contributed by atoms with Crippen LogP contribution < -0.4 is 10.6 Å². The van der Waals surface area contributed by atoms with E-state index in [9.17, 15) is 47.9 Å². The summed E-state index contributed by atoms with van der Waals surface area (Å²) in [6.07, 6.45) is 2.27. The summed E-state index contributed by atoms with van der Waals surface area (Å²) in [5.74, 6) is -4.58. The molecule has 1 aliphatic rings. The van der Waals surface area contributed by atoms with Crippen molar-refractivity contribution < 1.29 is 86.2 Å². The van der Waals surface area contributed by atoms with E-state index in [1.54, 1.807) is 21.1 Å². The molecule has 0 radical (unpaired) electrons. The Hall–Kier alpha value is -5.64. The zero-order chi connectivity index (χ0) is 49.3. The number of carbonyl (C=O) groups excluding carboxylic acids is 9. The summed E-state index contributed by atoms with van der Waals surface area (Å²) < 4.78 is 37.0. The third-order valence-electron chi connectivity index (χ3n) is 9.19. The van der Waals surface area contributed by atoms with E-state index in [-0.39, 0.29) is 174 Å². The molecule has 0 spiro atoms. The van der Waals surface area contributed by atoms with Crippen molar-refractivity contribution in [1.82, 2.24) is 40.0 Å². The number of nitrogens with one attached hydrogen (secondary N) is 2. The fraction of sp³-hybridized carbons (Fsp3) is 0.700. The molecular weight excluding hydrogens is 880 g/mol. The molecule has 1 rings (SSSR count). The second-order valence-corrected chi connectivity index (χ2v) is 14.4. The van der Waals surface area contributed by atoms with Crippen molar-refractivity contribution in [3.8, 4) is 0 Å². The molecule has 0 aromatic carbocycles. The summed E-state index contributed by atoms with van der Waals surface area (Å²) in [6, 6.07) is 0. The summed E-state index contributed by atoms with van der Waals surface area (Å²) in [5.41, 5.74) is 0. The smallest absolute Gasteiger partial charge is 0.329 e. The number of rotatable bonds is 38. The summed E-state index contributed by atoms with van der Waals surface area (Å²) in [6.45, 7) is -0.00427. The molecule has 374 valence electrons. The van der Waals surface area contributed by atoms with Gasteiger partial charge in [-0.3, -0.25) is 48.1 Å². The van der Waals surface area contributed by atoms with Crippen LogP contribution in [0.15, 0.2) is 12.2 Å². The second kappa shape index (κ2) is 34.7. The first-order valence-electron chi connectivity index (χ1n) is 21.0. The summed E-state index contributed by atoms with van der Waals surface area (Å²) in [7, 11) is 7.70. The van der Waals surface area contributed by atoms with Crippen molar-refractivity contribution in [2.45, 2.75) is 6.42 Å². The first-order chi connectivity index (χ1) is 31.4. The van der Waals surface area contributed by atoms with Crippen LogP contribution in [-0.4, -0.2) is 274 Å². The number of aliphatic carboxylic acids is 1. The van der Waals surface area contributed by atoms with E-state index in [1.807, 2.05) is 0 Å². The number of imide groups is 1. The Morgan fingerprint density at radius 3 is 1.24 bits per heavy atom. The van der Waals surface area contributed by atoms with Gasteiger partial charge in [-0.1, -0.05) is 0 Å². The number of hydrogen-bond donors (Lipinski definition) is 3. The molecule has 0 saturated carbocycles. The van der Waals surface area contributed by atoms with Crippen LogP contribution in [0.2, 0.25) is 0 Å². The number of carbonyl (C=O) groups is 10. The highest BCUT2D eigenvalue weighted by molar-refractivity contribution is 6.13. The highest BCUT2D eigenvalue weighted by atomic mass is 16.5. The molecule has 1 heterocycles. The van der Waals surface area contributed by atoms with Crippen LogP contribution in [0.1, 0.15) is 6.42 Å². The molecule has 26 heteroatoms. The topological polar surface area (TPSA) is 299 Å². The Labute approximate surface area is 383 Å². The Morgan fingerprint density at radius 2 is 0.833 bits per heavy atom. The maximum atomic E-state index is 12.4. The van der Waals surface area contributed by atoms with Gasteiger partial charge < -0.3 is 73.4 Å². The normalized spacial score (nSPS) is 11.9. The van der Waals surface area contributed by atoms with Crippen LogP contribution in [0.5, 0.6) is 0 Å². The zero-order valence-electron chi connectivity index (χ0n) is 38.5.